The van der Waals surface area contributed by atoms with Crippen LogP contribution in [0.25, 0.3) is 0 Å². The largest absolute Gasteiger partial charge is 0.493 e. The molecule has 2 aromatic carbocycles. The number of nitrogens with one attached hydrogen (secondary N) is 1. The monoisotopic (exact) mass is 383 g/mol. The Kier molecular flexibility index (Phi) is 4.81. The SMILES string of the molecule is COc1cccc(C2CC(=O)Nc3ccsc32)c1OCc1ccccc1F. The van der Waals surface area contributed by atoms with Crippen molar-refractivity contribution in [2.24, 2.45) is 0 Å². The number of amides is 1. The van der Waals surface area contributed by atoms with Gasteiger partial charge in [-0.15, -0.1) is 11.3 Å². The van der Waals surface area contributed by atoms with Gasteiger partial charge in [-0.25, -0.2) is 4.39 Å². The highest BCUT2D eigenvalue weighted by Gasteiger charge is 2.31. The van der Waals surface area contributed by atoms with E-state index in [2.05, 4.69) is 5.32 Å². The van der Waals surface area contributed by atoms with Gasteiger partial charge in [-0.3, -0.25) is 4.79 Å². The van der Waals surface area contributed by atoms with Crippen LogP contribution in [0.3, 0.4) is 0 Å². The number of fused-ring (bicyclic) bond motifs is 1. The summed E-state index contributed by atoms with van der Waals surface area (Å²) in [6.07, 6.45) is 0.330. The summed E-state index contributed by atoms with van der Waals surface area (Å²) in [5, 5.41) is 4.86. The summed E-state index contributed by atoms with van der Waals surface area (Å²) >= 11 is 1.60. The summed E-state index contributed by atoms with van der Waals surface area (Å²) in [5.74, 6) is 0.634. The number of carbonyl (C=O) groups is 1. The molecular weight excluding hydrogens is 365 g/mol. The summed E-state index contributed by atoms with van der Waals surface area (Å²) in [4.78, 5) is 13.3. The molecule has 6 heteroatoms. The van der Waals surface area contributed by atoms with E-state index in [0.29, 0.717) is 23.5 Å². The predicted molar refractivity (Wildman–Crippen MR) is 103 cm³/mol. The van der Waals surface area contributed by atoms with E-state index in [-0.39, 0.29) is 24.2 Å². The lowest BCUT2D eigenvalue weighted by atomic mass is 9.89. The Bertz CT molecular complexity index is 985. The van der Waals surface area contributed by atoms with E-state index in [1.165, 1.54) is 6.07 Å². The molecule has 138 valence electrons. The molecule has 1 unspecified atom stereocenters. The molecule has 1 atom stereocenters. The third-order valence-electron chi connectivity index (χ3n) is 4.61. The van der Waals surface area contributed by atoms with Crippen LogP contribution in [0.1, 0.15) is 28.3 Å². The van der Waals surface area contributed by atoms with Crippen LogP contribution < -0.4 is 14.8 Å². The Labute approximate surface area is 160 Å². The molecule has 3 aromatic rings. The predicted octanol–water partition coefficient (Wildman–Crippen LogP) is 4.95. The maximum Gasteiger partial charge on any atom is 0.225 e. The highest BCUT2D eigenvalue weighted by molar-refractivity contribution is 7.10. The van der Waals surface area contributed by atoms with E-state index in [4.69, 9.17) is 9.47 Å². The van der Waals surface area contributed by atoms with Crippen molar-refractivity contribution in [3.63, 3.8) is 0 Å². The quantitative estimate of drug-likeness (QED) is 0.678. The number of carbonyl (C=O) groups excluding carboxylic acids is 1. The van der Waals surface area contributed by atoms with E-state index in [9.17, 15) is 9.18 Å². The van der Waals surface area contributed by atoms with Gasteiger partial charge in [0.2, 0.25) is 5.91 Å². The van der Waals surface area contributed by atoms with Crippen molar-refractivity contribution in [3.8, 4) is 11.5 Å². The molecule has 1 N–H and O–H groups in total. The van der Waals surface area contributed by atoms with Crippen molar-refractivity contribution in [1.29, 1.82) is 0 Å². The zero-order valence-electron chi connectivity index (χ0n) is 14.7. The molecule has 0 fully saturated rings. The minimum Gasteiger partial charge on any atom is -0.493 e. The van der Waals surface area contributed by atoms with Gasteiger partial charge in [0.05, 0.1) is 12.8 Å². The summed E-state index contributed by atoms with van der Waals surface area (Å²) in [6, 6.07) is 14.0. The molecule has 0 saturated carbocycles. The molecule has 1 aromatic heterocycles. The smallest absolute Gasteiger partial charge is 0.225 e. The average Bonchev–Trinajstić information content (AvgIpc) is 3.15. The highest BCUT2D eigenvalue weighted by Crippen LogP contribution is 2.46. The van der Waals surface area contributed by atoms with Crippen LogP contribution in [0.5, 0.6) is 11.5 Å². The van der Waals surface area contributed by atoms with Crippen LogP contribution in [0.2, 0.25) is 0 Å². The van der Waals surface area contributed by atoms with Gasteiger partial charge in [-0.2, -0.15) is 0 Å². The van der Waals surface area contributed by atoms with Gasteiger partial charge in [-0.1, -0.05) is 30.3 Å². The van der Waals surface area contributed by atoms with E-state index in [1.54, 1.807) is 42.7 Å². The second kappa shape index (κ2) is 7.40. The first-order chi connectivity index (χ1) is 13.2. The van der Waals surface area contributed by atoms with E-state index >= 15 is 0 Å². The number of methoxy groups -OCH3 is 1. The first kappa shape index (κ1) is 17.5. The van der Waals surface area contributed by atoms with Crippen molar-refractivity contribution in [3.05, 3.63) is 75.7 Å². The van der Waals surface area contributed by atoms with Crippen LogP contribution in [0.4, 0.5) is 10.1 Å². The molecule has 0 bridgehead atoms. The maximum absolute atomic E-state index is 14.0. The summed E-state index contributed by atoms with van der Waals surface area (Å²) < 4.78 is 25.5. The minimum atomic E-state index is -0.313. The second-order valence-electron chi connectivity index (χ2n) is 6.26. The van der Waals surface area contributed by atoms with Crippen LogP contribution in [0.15, 0.2) is 53.9 Å². The number of hydrogen-bond acceptors (Lipinski definition) is 4. The molecule has 0 radical (unpaired) electrons. The minimum absolute atomic E-state index is 0.0335. The van der Waals surface area contributed by atoms with Gasteiger partial charge < -0.3 is 14.8 Å². The number of ether oxygens (including phenoxy) is 2. The molecule has 1 amide bonds. The molecule has 0 aliphatic carbocycles. The van der Waals surface area contributed by atoms with Gasteiger partial charge in [0, 0.05) is 28.3 Å². The van der Waals surface area contributed by atoms with Crippen LogP contribution >= 0.6 is 11.3 Å². The number of para-hydroxylation sites is 1. The van der Waals surface area contributed by atoms with Crippen LogP contribution in [-0.2, 0) is 11.4 Å². The van der Waals surface area contributed by atoms with Gasteiger partial charge in [0.25, 0.3) is 0 Å². The first-order valence-electron chi connectivity index (χ1n) is 8.57. The lowest BCUT2D eigenvalue weighted by molar-refractivity contribution is -0.116. The standard InChI is InChI=1S/C21H18FNO3S/c1-25-18-8-4-6-14(15-11-19(24)23-17-9-10-27-21(15)17)20(18)26-12-13-5-2-3-7-16(13)22/h2-10,15H,11-12H2,1H3,(H,23,24). The van der Waals surface area contributed by atoms with Crippen LogP contribution in [-0.4, -0.2) is 13.0 Å². The van der Waals surface area contributed by atoms with Crippen molar-refractivity contribution in [2.75, 3.05) is 12.4 Å². The highest BCUT2D eigenvalue weighted by atomic mass is 32.1. The lowest BCUT2D eigenvalue weighted by Gasteiger charge is -2.25. The third kappa shape index (κ3) is 3.40. The van der Waals surface area contributed by atoms with E-state index in [1.807, 2.05) is 23.6 Å². The molecule has 0 spiro atoms. The van der Waals surface area contributed by atoms with Crippen molar-refractivity contribution in [1.82, 2.24) is 0 Å². The fraction of sp³-hybridized carbons (Fsp3) is 0.190. The molecule has 0 saturated heterocycles. The molecule has 1 aliphatic heterocycles. The zero-order valence-corrected chi connectivity index (χ0v) is 15.5. The van der Waals surface area contributed by atoms with Crippen molar-refractivity contribution in [2.45, 2.75) is 18.9 Å². The Balaban J connectivity index is 1.72. The number of anilines is 1. The topological polar surface area (TPSA) is 47.6 Å². The van der Waals surface area contributed by atoms with Gasteiger partial charge in [0.15, 0.2) is 11.5 Å². The molecule has 27 heavy (non-hydrogen) atoms. The molecule has 4 nitrogen and oxygen atoms in total. The van der Waals surface area contributed by atoms with Crippen molar-refractivity contribution >= 4 is 22.9 Å². The number of rotatable bonds is 5. The van der Waals surface area contributed by atoms with Gasteiger partial charge >= 0.3 is 0 Å². The summed E-state index contributed by atoms with van der Waals surface area (Å²) in [7, 11) is 1.57. The normalized spacial score (nSPS) is 15.8. The summed E-state index contributed by atoms with van der Waals surface area (Å²) in [6.45, 7) is 0.0796. The average molecular weight is 383 g/mol. The first-order valence-corrected chi connectivity index (χ1v) is 9.45. The fourth-order valence-corrected chi connectivity index (χ4v) is 4.28. The Morgan fingerprint density at radius 1 is 1.19 bits per heavy atom. The Morgan fingerprint density at radius 3 is 2.85 bits per heavy atom. The zero-order chi connectivity index (χ0) is 18.8. The lowest BCUT2D eigenvalue weighted by Crippen LogP contribution is -2.22. The van der Waals surface area contributed by atoms with Crippen molar-refractivity contribution < 1.29 is 18.7 Å². The number of thiophene rings is 1. The second-order valence-corrected chi connectivity index (χ2v) is 7.21. The summed E-state index contributed by atoms with van der Waals surface area (Å²) in [5.41, 5.74) is 2.17. The fourth-order valence-electron chi connectivity index (χ4n) is 3.31. The van der Waals surface area contributed by atoms with E-state index in [0.717, 1.165) is 16.1 Å². The Hall–Kier alpha value is -2.86. The third-order valence-corrected chi connectivity index (χ3v) is 5.64. The maximum atomic E-state index is 14.0. The van der Waals surface area contributed by atoms with Gasteiger partial charge in [0.1, 0.15) is 12.4 Å². The molecule has 4 rings (SSSR count). The number of halogens is 1. The molecular formula is C21H18FNO3S. The molecule has 1 aliphatic rings. The number of hydrogen-bond donors (Lipinski definition) is 1. The van der Waals surface area contributed by atoms with Crippen LogP contribution in [0, 0.1) is 5.82 Å². The van der Waals surface area contributed by atoms with E-state index < -0.39 is 0 Å². The Morgan fingerprint density at radius 2 is 2.04 bits per heavy atom. The molecule has 2 heterocycles. The number of benzene rings is 2. The van der Waals surface area contributed by atoms with Gasteiger partial charge in [-0.05, 0) is 23.6 Å².